The van der Waals surface area contributed by atoms with E-state index in [2.05, 4.69) is 10.5 Å². The number of anilines is 1. The summed E-state index contributed by atoms with van der Waals surface area (Å²) in [5.41, 5.74) is 12.6. The van der Waals surface area contributed by atoms with E-state index in [0.29, 0.717) is 27.8 Å². The van der Waals surface area contributed by atoms with Crippen LogP contribution in [0, 0.1) is 19.8 Å². The number of carbonyl (C=O) groups excluding carboxylic acids is 3. The zero-order valence-corrected chi connectivity index (χ0v) is 21.9. The number of nitrogens with zero attached hydrogens (tertiary/aromatic N) is 1. The molecule has 1 amide bonds. The number of ketones is 2. The summed E-state index contributed by atoms with van der Waals surface area (Å²) in [4.78, 5) is 39.7. The fourth-order valence-electron chi connectivity index (χ4n) is 5.66. The number of benzene rings is 3. The maximum absolute atomic E-state index is 13.9. The third kappa shape index (κ3) is 3.66. The van der Waals surface area contributed by atoms with Crippen molar-refractivity contribution in [3.8, 4) is 11.5 Å². The molecule has 2 aliphatic rings. The lowest BCUT2D eigenvalue weighted by molar-refractivity contribution is -0.122. The molecule has 0 aliphatic heterocycles. The number of rotatable bonds is 3. The highest BCUT2D eigenvalue weighted by molar-refractivity contribution is 6.27. The molecule has 3 aromatic carbocycles. The topological polar surface area (TPSA) is 209 Å². The number of nitrogens with two attached hydrogens (primary N) is 2. The van der Waals surface area contributed by atoms with E-state index < -0.39 is 52.1 Å². The van der Waals surface area contributed by atoms with Crippen LogP contribution in [0.5, 0.6) is 11.5 Å². The molecule has 0 aromatic heterocycles. The van der Waals surface area contributed by atoms with Gasteiger partial charge in [-0.25, -0.2) is 5.43 Å². The smallest absolute Gasteiger partial charge is 0.271 e. The Morgan fingerprint density at radius 2 is 1.70 bits per heavy atom. The number of Topliss-reactive ketones (excluding diaryl/α,β-unsaturated/α-hetero) is 2. The van der Waals surface area contributed by atoms with Crippen LogP contribution in [-0.2, 0) is 11.2 Å². The Labute approximate surface area is 228 Å². The van der Waals surface area contributed by atoms with E-state index in [1.165, 1.54) is 31.2 Å². The predicted octanol–water partition coefficient (Wildman–Crippen LogP) is 2.06. The van der Waals surface area contributed by atoms with Crippen LogP contribution >= 0.6 is 0 Å². The first-order valence-electron chi connectivity index (χ1n) is 12.5. The summed E-state index contributed by atoms with van der Waals surface area (Å²) in [6.07, 6.45) is -0.115. The largest absolute Gasteiger partial charge is 0.508 e. The van der Waals surface area contributed by atoms with Gasteiger partial charge in [-0.15, -0.1) is 0 Å². The van der Waals surface area contributed by atoms with Gasteiger partial charge in [-0.2, -0.15) is 5.10 Å². The molecule has 11 nitrogen and oxygen atoms in total. The summed E-state index contributed by atoms with van der Waals surface area (Å²) < 4.78 is 0. The fraction of sp³-hybridized carbons (Fsp3) is 0.241. The van der Waals surface area contributed by atoms with Crippen LogP contribution in [0.2, 0.25) is 0 Å². The molecule has 206 valence electrons. The summed E-state index contributed by atoms with van der Waals surface area (Å²) in [7, 11) is 0. The average molecular weight is 545 g/mol. The van der Waals surface area contributed by atoms with Crippen molar-refractivity contribution in [3.05, 3.63) is 75.5 Å². The van der Waals surface area contributed by atoms with E-state index in [1.807, 2.05) is 0 Å². The van der Waals surface area contributed by atoms with Gasteiger partial charge in [0, 0.05) is 17.2 Å². The summed E-state index contributed by atoms with van der Waals surface area (Å²) >= 11 is 0. The maximum atomic E-state index is 13.9. The number of aryl methyl sites for hydroxylation is 2. The van der Waals surface area contributed by atoms with E-state index in [1.54, 1.807) is 26.0 Å². The molecular formula is C29H28N4O7. The van der Waals surface area contributed by atoms with Crippen molar-refractivity contribution >= 4 is 39.6 Å². The molecule has 40 heavy (non-hydrogen) atoms. The van der Waals surface area contributed by atoms with Gasteiger partial charge in [0.25, 0.3) is 5.91 Å². The average Bonchev–Trinajstić information content (AvgIpc) is 2.92. The number of hydrogen-bond acceptors (Lipinski definition) is 10. The molecule has 0 heterocycles. The highest BCUT2D eigenvalue weighted by atomic mass is 16.3. The molecule has 5 rings (SSSR count). The Bertz CT molecular complexity index is 1710. The quantitative estimate of drug-likeness (QED) is 0.146. The number of phenolic OH excluding ortho intramolecular Hbond substituents is 2. The van der Waals surface area contributed by atoms with Gasteiger partial charge in [0.15, 0.2) is 11.4 Å². The van der Waals surface area contributed by atoms with Crippen LogP contribution in [0.3, 0.4) is 0 Å². The van der Waals surface area contributed by atoms with Gasteiger partial charge in [0.2, 0.25) is 5.78 Å². The van der Waals surface area contributed by atoms with E-state index in [0.717, 1.165) is 0 Å². The van der Waals surface area contributed by atoms with Crippen molar-refractivity contribution in [1.82, 2.24) is 5.43 Å². The monoisotopic (exact) mass is 544 g/mol. The van der Waals surface area contributed by atoms with E-state index >= 15 is 0 Å². The van der Waals surface area contributed by atoms with Gasteiger partial charge >= 0.3 is 0 Å². The zero-order valence-electron chi connectivity index (χ0n) is 21.9. The van der Waals surface area contributed by atoms with Crippen LogP contribution in [-0.4, -0.2) is 55.3 Å². The number of hydrazone groups is 1. The summed E-state index contributed by atoms with van der Waals surface area (Å²) in [6, 6.07) is 7.93. The second-order valence-electron chi connectivity index (χ2n) is 10.3. The second-order valence-corrected chi connectivity index (χ2v) is 10.3. The zero-order chi connectivity index (χ0) is 29.3. The minimum Gasteiger partial charge on any atom is -0.508 e. The molecule has 3 atom stereocenters. The molecule has 0 radical (unpaired) electrons. The number of fused-ring (bicyclic) bond motifs is 3. The van der Waals surface area contributed by atoms with Gasteiger partial charge in [0.1, 0.15) is 17.3 Å². The molecule has 0 saturated carbocycles. The van der Waals surface area contributed by atoms with Gasteiger partial charge < -0.3 is 31.9 Å². The number of hydrogen-bond donors (Lipinski definition) is 7. The molecule has 3 aromatic rings. The van der Waals surface area contributed by atoms with Gasteiger partial charge in [-0.1, -0.05) is 12.1 Å². The van der Waals surface area contributed by atoms with Crippen LogP contribution in [0.1, 0.15) is 44.3 Å². The Morgan fingerprint density at radius 1 is 1.05 bits per heavy atom. The van der Waals surface area contributed by atoms with Crippen LogP contribution in [0.15, 0.2) is 52.8 Å². The maximum Gasteiger partial charge on any atom is 0.271 e. The highest BCUT2D eigenvalue weighted by Gasteiger charge is 2.60. The lowest BCUT2D eigenvalue weighted by Crippen LogP contribution is -2.63. The molecule has 0 spiro atoms. The molecular weight excluding hydrogens is 516 g/mol. The van der Waals surface area contributed by atoms with Gasteiger partial charge in [0.05, 0.1) is 28.3 Å². The second kappa shape index (κ2) is 9.18. The van der Waals surface area contributed by atoms with Crippen molar-refractivity contribution < 1.29 is 34.8 Å². The minimum absolute atomic E-state index is 0.0367. The number of nitrogen functional groups attached to an aromatic ring is 1. The predicted molar refractivity (Wildman–Crippen MR) is 147 cm³/mol. The van der Waals surface area contributed by atoms with Crippen molar-refractivity contribution in [2.75, 3.05) is 5.73 Å². The number of nitrogens with one attached hydrogen (secondary N) is 1. The van der Waals surface area contributed by atoms with Gasteiger partial charge in [-0.3, -0.25) is 14.4 Å². The molecule has 0 unspecified atom stereocenters. The van der Waals surface area contributed by atoms with Crippen molar-refractivity contribution in [1.29, 1.82) is 0 Å². The van der Waals surface area contributed by atoms with E-state index in [9.17, 15) is 34.8 Å². The molecule has 0 bridgehead atoms. The normalized spacial score (nSPS) is 22.8. The first-order valence-corrected chi connectivity index (χ1v) is 12.5. The van der Waals surface area contributed by atoms with Crippen LogP contribution < -0.4 is 16.9 Å². The Balaban J connectivity index is 1.63. The number of carbonyl (C=O) groups is 3. The summed E-state index contributed by atoms with van der Waals surface area (Å²) in [6.45, 7) is 4.64. The standard InChI is InChI=1S/C29H28N4O7/c1-11-4-9-16-12(2)17-10-18-22(31)25(36)19(13(3)32-33-28(39)14-5-7-15(30)8-6-14)26(37)29(18,40)27(38)21(17)24(35)20(16)23(11)34/h4-9,18,22,34-35,37,40H,10,30-31H2,1-3H3,(H,33,39)/b32-13+/t18-,22+,29+/m0/s1. The molecule has 0 saturated heterocycles. The fourth-order valence-corrected chi connectivity index (χ4v) is 5.66. The molecule has 9 N–H and O–H groups in total. The van der Waals surface area contributed by atoms with Crippen LogP contribution in [0.4, 0.5) is 5.69 Å². The number of amides is 1. The first-order chi connectivity index (χ1) is 18.8. The summed E-state index contributed by atoms with van der Waals surface area (Å²) in [5.74, 6) is -5.48. The van der Waals surface area contributed by atoms with Crippen molar-refractivity contribution in [2.24, 2.45) is 16.8 Å². The lowest BCUT2D eigenvalue weighted by Gasteiger charge is -2.45. The van der Waals surface area contributed by atoms with E-state index in [-0.39, 0.29) is 34.4 Å². The third-order valence-electron chi connectivity index (χ3n) is 7.99. The SMILES string of the molecule is C/C(=N\NC(=O)c1ccc(N)cc1)C1=C(O)[C@@]2(O)C(=O)c3c(c(C)c4ccc(C)c(O)c4c3O)C[C@H]2[C@@H](N)C1=O. The number of aliphatic hydroxyl groups is 2. The number of phenols is 2. The van der Waals surface area contributed by atoms with Gasteiger partial charge in [-0.05, 0) is 73.5 Å². The minimum atomic E-state index is -2.68. The Kier molecular flexibility index (Phi) is 6.16. The van der Waals surface area contributed by atoms with Crippen molar-refractivity contribution in [2.45, 2.75) is 38.8 Å². The van der Waals surface area contributed by atoms with Crippen molar-refractivity contribution in [3.63, 3.8) is 0 Å². The summed E-state index contributed by atoms with van der Waals surface area (Å²) in [5, 5.41) is 49.3. The van der Waals surface area contributed by atoms with E-state index in [4.69, 9.17) is 11.5 Å². The number of aromatic hydroxyl groups is 2. The third-order valence-corrected chi connectivity index (χ3v) is 7.99. The Morgan fingerprint density at radius 3 is 2.35 bits per heavy atom. The molecule has 2 aliphatic carbocycles. The lowest BCUT2D eigenvalue weighted by atomic mass is 9.61. The van der Waals surface area contributed by atoms with Crippen LogP contribution in [0.25, 0.3) is 10.8 Å². The molecule has 11 heteroatoms. The highest BCUT2D eigenvalue weighted by Crippen LogP contribution is 2.50. The first kappa shape index (κ1) is 26.9. The molecule has 0 fully saturated rings. The number of aliphatic hydroxyl groups excluding tert-OH is 1. The Hall–Kier alpha value is -4.74.